The normalized spacial score (nSPS) is 18.0. The summed E-state index contributed by atoms with van der Waals surface area (Å²) >= 11 is 7.31. The van der Waals surface area contributed by atoms with E-state index in [0.717, 1.165) is 16.9 Å². The van der Waals surface area contributed by atoms with Crippen LogP contribution in [0, 0.1) is 5.92 Å². The summed E-state index contributed by atoms with van der Waals surface area (Å²) in [6.07, 6.45) is 1.37. The molecule has 1 unspecified atom stereocenters. The van der Waals surface area contributed by atoms with Crippen molar-refractivity contribution in [2.24, 2.45) is 5.92 Å². The average molecular weight is 350 g/mol. The van der Waals surface area contributed by atoms with Crippen LogP contribution in [-0.4, -0.2) is 35.0 Å². The molecule has 1 aromatic carbocycles. The maximum atomic E-state index is 12.6. The first-order valence-electron chi connectivity index (χ1n) is 7.42. The lowest BCUT2D eigenvalue weighted by molar-refractivity contribution is -0.143. The van der Waals surface area contributed by atoms with Crippen molar-refractivity contribution in [1.29, 1.82) is 0 Å². The number of carboxylic acids is 1. The van der Waals surface area contributed by atoms with Crippen molar-refractivity contribution < 1.29 is 14.7 Å². The lowest BCUT2D eigenvalue weighted by Crippen LogP contribution is -2.42. The molecule has 0 radical (unpaired) electrons. The van der Waals surface area contributed by atoms with Crippen LogP contribution in [0.15, 0.2) is 36.4 Å². The first-order chi connectivity index (χ1) is 11.0. The van der Waals surface area contributed by atoms with Gasteiger partial charge in [0, 0.05) is 23.0 Å². The molecule has 0 saturated carbocycles. The molecule has 1 aromatic heterocycles. The van der Waals surface area contributed by atoms with Crippen molar-refractivity contribution >= 4 is 34.8 Å². The molecule has 1 aliphatic heterocycles. The van der Waals surface area contributed by atoms with E-state index in [2.05, 4.69) is 0 Å². The molecule has 0 bridgehead atoms. The lowest BCUT2D eigenvalue weighted by Gasteiger charge is -2.30. The monoisotopic (exact) mass is 349 g/mol. The summed E-state index contributed by atoms with van der Waals surface area (Å²) in [6.45, 7) is 0.916. The Bertz CT molecular complexity index is 726. The number of benzene rings is 1. The molecule has 1 saturated heterocycles. The second-order valence-corrected chi connectivity index (χ2v) is 7.12. The zero-order valence-electron chi connectivity index (χ0n) is 12.4. The third-order valence-electron chi connectivity index (χ3n) is 4.00. The molecule has 4 nitrogen and oxygen atoms in total. The van der Waals surface area contributed by atoms with Gasteiger partial charge in [-0.25, -0.2) is 0 Å². The zero-order valence-corrected chi connectivity index (χ0v) is 13.9. The third-order valence-corrected chi connectivity index (χ3v) is 5.38. The standard InChI is InChI=1S/C17H16ClNO3S/c18-13-5-3-11(4-6-13)14-7-8-15(23-14)16(20)19-9-1-2-12(10-19)17(21)22/h3-8,12H,1-2,9-10H2,(H,21,22). The summed E-state index contributed by atoms with van der Waals surface area (Å²) in [6, 6.07) is 11.2. The van der Waals surface area contributed by atoms with Gasteiger partial charge in [-0.1, -0.05) is 23.7 Å². The fourth-order valence-corrected chi connectivity index (χ4v) is 3.85. The van der Waals surface area contributed by atoms with E-state index < -0.39 is 11.9 Å². The second-order valence-electron chi connectivity index (χ2n) is 5.60. The number of amides is 1. The minimum atomic E-state index is -0.824. The molecule has 1 amide bonds. The number of hydrogen-bond donors (Lipinski definition) is 1. The van der Waals surface area contributed by atoms with Gasteiger partial charge in [-0.3, -0.25) is 9.59 Å². The SMILES string of the molecule is O=C(O)C1CCCN(C(=O)c2ccc(-c3ccc(Cl)cc3)s2)C1. The second kappa shape index (κ2) is 6.72. The predicted octanol–water partition coefficient (Wildman–Crippen LogP) is 4.01. The van der Waals surface area contributed by atoms with Crippen LogP contribution < -0.4 is 0 Å². The minimum Gasteiger partial charge on any atom is -0.481 e. The van der Waals surface area contributed by atoms with E-state index >= 15 is 0 Å². The van der Waals surface area contributed by atoms with Crippen LogP contribution in [0.5, 0.6) is 0 Å². The number of carbonyl (C=O) groups is 2. The van der Waals surface area contributed by atoms with E-state index in [1.165, 1.54) is 11.3 Å². The number of likely N-dealkylation sites (tertiary alicyclic amines) is 1. The third kappa shape index (κ3) is 3.57. The van der Waals surface area contributed by atoms with Crippen molar-refractivity contribution in [3.63, 3.8) is 0 Å². The number of carboxylic acid groups (broad SMARTS) is 1. The van der Waals surface area contributed by atoms with Gasteiger partial charge < -0.3 is 10.0 Å². The number of nitrogens with zero attached hydrogens (tertiary/aromatic N) is 1. The number of halogens is 1. The zero-order chi connectivity index (χ0) is 16.4. The molecule has 1 atom stereocenters. The first-order valence-corrected chi connectivity index (χ1v) is 8.62. The Morgan fingerprint density at radius 1 is 1.17 bits per heavy atom. The lowest BCUT2D eigenvalue weighted by atomic mass is 9.98. The van der Waals surface area contributed by atoms with Gasteiger partial charge in [0.2, 0.25) is 0 Å². The van der Waals surface area contributed by atoms with Gasteiger partial charge in [0.15, 0.2) is 0 Å². The Labute approximate surface area is 143 Å². The topological polar surface area (TPSA) is 57.6 Å². The number of rotatable bonds is 3. The fraction of sp³-hybridized carbons (Fsp3) is 0.294. The van der Waals surface area contributed by atoms with Crippen LogP contribution >= 0.6 is 22.9 Å². The molecule has 2 aromatic rings. The van der Waals surface area contributed by atoms with Crippen molar-refractivity contribution in [2.75, 3.05) is 13.1 Å². The van der Waals surface area contributed by atoms with Gasteiger partial charge in [-0.2, -0.15) is 0 Å². The summed E-state index contributed by atoms with van der Waals surface area (Å²) in [5.41, 5.74) is 1.01. The van der Waals surface area contributed by atoms with E-state index in [-0.39, 0.29) is 5.91 Å². The number of piperidine rings is 1. The molecule has 0 aliphatic carbocycles. The number of hydrogen-bond acceptors (Lipinski definition) is 3. The van der Waals surface area contributed by atoms with Crippen LogP contribution in [0.1, 0.15) is 22.5 Å². The Morgan fingerprint density at radius 3 is 2.61 bits per heavy atom. The van der Waals surface area contributed by atoms with Gasteiger partial charge in [0.05, 0.1) is 10.8 Å². The Hall–Kier alpha value is -1.85. The van der Waals surface area contributed by atoms with Gasteiger partial charge in [0.1, 0.15) is 0 Å². The number of carbonyl (C=O) groups excluding carboxylic acids is 1. The van der Waals surface area contributed by atoms with Crippen LogP contribution in [0.3, 0.4) is 0 Å². The van der Waals surface area contributed by atoms with Gasteiger partial charge in [0.25, 0.3) is 5.91 Å². The highest BCUT2D eigenvalue weighted by Crippen LogP contribution is 2.30. The molecular formula is C17H16ClNO3S. The maximum absolute atomic E-state index is 12.6. The van der Waals surface area contributed by atoms with Crippen LogP contribution in [0.4, 0.5) is 0 Å². The Balaban J connectivity index is 1.75. The van der Waals surface area contributed by atoms with E-state index in [9.17, 15) is 9.59 Å². The molecule has 120 valence electrons. The van der Waals surface area contributed by atoms with Crippen molar-refractivity contribution in [2.45, 2.75) is 12.8 Å². The van der Waals surface area contributed by atoms with Crippen LogP contribution in [0.25, 0.3) is 10.4 Å². The largest absolute Gasteiger partial charge is 0.481 e. The molecule has 0 spiro atoms. The van der Waals surface area contributed by atoms with Gasteiger partial charge in [-0.15, -0.1) is 11.3 Å². The van der Waals surface area contributed by atoms with Crippen LogP contribution in [0.2, 0.25) is 5.02 Å². The number of aliphatic carboxylic acids is 1. The van der Waals surface area contributed by atoms with Crippen LogP contribution in [-0.2, 0) is 4.79 Å². The van der Waals surface area contributed by atoms with Crippen molar-refractivity contribution in [3.8, 4) is 10.4 Å². The van der Waals surface area contributed by atoms with Gasteiger partial charge >= 0.3 is 5.97 Å². The van der Waals surface area contributed by atoms with E-state index in [0.29, 0.717) is 29.4 Å². The smallest absolute Gasteiger partial charge is 0.308 e. The summed E-state index contributed by atoms with van der Waals surface area (Å²) in [5, 5.41) is 9.81. The Morgan fingerprint density at radius 2 is 1.91 bits per heavy atom. The molecule has 1 aliphatic rings. The molecule has 1 N–H and O–H groups in total. The van der Waals surface area contributed by atoms with E-state index in [1.807, 2.05) is 30.3 Å². The van der Waals surface area contributed by atoms with Gasteiger partial charge in [-0.05, 0) is 42.7 Å². The summed E-state index contributed by atoms with van der Waals surface area (Å²) < 4.78 is 0. The molecule has 6 heteroatoms. The Kier molecular flexibility index (Phi) is 4.68. The van der Waals surface area contributed by atoms with Crippen molar-refractivity contribution in [3.05, 3.63) is 46.3 Å². The summed E-state index contributed by atoms with van der Waals surface area (Å²) in [4.78, 5) is 27.0. The summed E-state index contributed by atoms with van der Waals surface area (Å²) in [5.74, 6) is -1.36. The fourth-order valence-electron chi connectivity index (χ4n) is 2.74. The highest BCUT2D eigenvalue weighted by Gasteiger charge is 2.29. The summed E-state index contributed by atoms with van der Waals surface area (Å²) in [7, 11) is 0. The molecule has 1 fully saturated rings. The highest BCUT2D eigenvalue weighted by molar-refractivity contribution is 7.17. The molecule has 23 heavy (non-hydrogen) atoms. The molecule has 2 heterocycles. The van der Waals surface area contributed by atoms with E-state index in [4.69, 9.17) is 16.7 Å². The van der Waals surface area contributed by atoms with Crippen molar-refractivity contribution in [1.82, 2.24) is 4.90 Å². The first kappa shape index (κ1) is 16.0. The number of thiophene rings is 1. The predicted molar refractivity (Wildman–Crippen MR) is 91.0 cm³/mol. The average Bonchev–Trinajstić information content (AvgIpc) is 3.05. The molecule has 3 rings (SSSR count). The van der Waals surface area contributed by atoms with E-state index in [1.54, 1.807) is 11.0 Å². The highest BCUT2D eigenvalue weighted by atomic mass is 35.5. The molecular weight excluding hydrogens is 334 g/mol. The minimum absolute atomic E-state index is 0.0823. The quantitative estimate of drug-likeness (QED) is 0.911. The maximum Gasteiger partial charge on any atom is 0.308 e.